The lowest BCUT2D eigenvalue weighted by atomic mass is 9.95. The van der Waals surface area contributed by atoms with Gasteiger partial charge in [-0.15, -0.1) is 0 Å². The average molecular weight is 329 g/mol. The molecule has 0 saturated heterocycles. The van der Waals surface area contributed by atoms with Gasteiger partial charge in [0.15, 0.2) is 0 Å². The number of carboxylic acids is 1. The molecule has 0 saturated carbocycles. The Hall–Kier alpha value is -3.40. The molecule has 0 aliphatic heterocycles. The number of aromatic carboxylic acids is 1. The van der Waals surface area contributed by atoms with E-state index in [-0.39, 0.29) is 11.5 Å². The smallest absolute Gasteiger partial charge is 0.336 e. The zero-order chi connectivity index (χ0) is 17.4. The second-order valence-corrected chi connectivity index (χ2v) is 5.98. The fourth-order valence-corrected chi connectivity index (χ4v) is 3.38. The minimum absolute atomic E-state index is 0.233. The summed E-state index contributed by atoms with van der Waals surface area (Å²) in [6.45, 7) is 0. The van der Waals surface area contributed by atoms with Crippen LogP contribution in [0.25, 0.3) is 11.1 Å². The lowest BCUT2D eigenvalue weighted by molar-refractivity contribution is 0.0697. The van der Waals surface area contributed by atoms with Crippen LogP contribution in [0.1, 0.15) is 31.8 Å². The summed E-state index contributed by atoms with van der Waals surface area (Å²) in [5.74, 6) is -1.22. The Balaban J connectivity index is 1.83. The Labute approximate surface area is 144 Å². The van der Waals surface area contributed by atoms with Crippen molar-refractivity contribution in [3.63, 3.8) is 0 Å². The Morgan fingerprint density at radius 1 is 0.760 bits per heavy atom. The number of anilines is 1. The van der Waals surface area contributed by atoms with E-state index >= 15 is 0 Å². The van der Waals surface area contributed by atoms with Crippen LogP contribution in [0, 0.1) is 0 Å². The highest BCUT2D eigenvalue weighted by Crippen LogP contribution is 2.41. The zero-order valence-electron chi connectivity index (χ0n) is 13.3. The molecule has 3 aromatic rings. The molecule has 4 nitrogen and oxygen atoms in total. The topological polar surface area (TPSA) is 66.4 Å². The summed E-state index contributed by atoms with van der Waals surface area (Å²) < 4.78 is 0. The second-order valence-electron chi connectivity index (χ2n) is 5.98. The first-order valence-electron chi connectivity index (χ1n) is 7.99. The zero-order valence-corrected chi connectivity index (χ0v) is 13.3. The molecule has 25 heavy (non-hydrogen) atoms. The summed E-state index contributed by atoms with van der Waals surface area (Å²) in [6.07, 6.45) is 0.637. The van der Waals surface area contributed by atoms with Gasteiger partial charge in [-0.25, -0.2) is 4.79 Å². The largest absolute Gasteiger partial charge is 0.478 e. The van der Waals surface area contributed by atoms with Gasteiger partial charge in [0, 0.05) is 16.8 Å². The Morgan fingerprint density at radius 3 is 2.00 bits per heavy atom. The van der Waals surface area contributed by atoms with Crippen LogP contribution in [0.2, 0.25) is 0 Å². The Morgan fingerprint density at radius 2 is 1.36 bits per heavy atom. The first kappa shape index (κ1) is 15.1. The van der Waals surface area contributed by atoms with Gasteiger partial charge in [0.05, 0.1) is 5.56 Å². The van der Waals surface area contributed by atoms with Crippen LogP contribution in [0.15, 0.2) is 66.7 Å². The number of amides is 1. The number of hydrogen-bond acceptors (Lipinski definition) is 2. The third kappa shape index (κ3) is 2.58. The fourth-order valence-electron chi connectivity index (χ4n) is 3.38. The van der Waals surface area contributed by atoms with Gasteiger partial charge in [-0.2, -0.15) is 0 Å². The molecule has 0 fully saturated rings. The molecule has 1 aliphatic carbocycles. The number of rotatable bonds is 3. The maximum Gasteiger partial charge on any atom is 0.336 e. The van der Waals surface area contributed by atoms with Crippen molar-refractivity contribution in [1.29, 1.82) is 0 Å². The van der Waals surface area contributed by atoms with Crippen LogP contribution < -0.4 is 5.32 Å². The van der Waals surface area contributed by atoms with Crippen molar-refractivity contribution in [2.24, 2.45) is 0 Å². The van der Waals surface area contributed by atoms with Gasteiger partial charge in [-0.3, -0.25) is 4.79 Å². The van der Waals surface area contributed by atoms with E-state index in [4.69, 9.17) is 0 Å². The van der Waals surface area contributed by atoms with Crippen LogP contribution >= 0.6 is 0 Å². The van der Waals surface area contributed by atoms with Crippen molar-refractivity contribution in [2.75, 3.05) is 5.32 Å². The van der Waals surface area contributed by atoms with Gasteiger partial charge in [-0.1, -0.05) is 42.5 Å². The number of para-hydroxylation sites is 1. The summed E-state index contributed by atoms with van der Waals surface area (Å²) in [4.78, 5) is 24.4. The van der Waals surface area contributed by atoms with E-state index in [2.05, 4.69) is 5.32 Å². The SMILES string of the molecule is O=C(O)c1cccc2c1-c1c(cccc1C(=O)Nc1ccccc1)C2. The number of benzene rings is 3. The van der Waals surface area contributed by atoms with Crippen molar-refractivity contribution >= 4 is 17.6 Å². The summed E-state index contributed by atoms with van der Waals surface area (Å²) in [6, 6.07) is 20.0. The predicted molar refractivity (Wildman–Crippen MR) is 96.0 cm³/mol. The molecule has 0 bridgehead atoms. The lowest BCUT2D eigenvalue weighted by Crippen LogP contribution is -2.13. The van der Waals surface area contributed by atoms with E-state index < -0.39 is 5.97 Å². The molecule has 0 unspecified atom stereocenters. The number of carbonyl (C=O) groups excluding carboxylic acids is 1. The molecular formula is C21H15NO3. The minimum atomic E-state index is -0.983. The van der Waals surface area contributed by atoms with E-state index in [1.54, 1.807) is 18.2 Å². The average Bonchev–Trinajstić information content (AvgIpc) is 3.01. The third-order valence-electron chi connectivity index (χ3n) is 4.44. The number of carboxylic acid groups (broad SMARTS) is 1. The highest BCUT2D eigenvalue weighted by Gasteiger charge is 2.28. The van der Waals surface area contributed by atoms with Crippen LogP contribution in [-0.4, -0.2) is 17.0 Å². The fraction of sp³-hybridized carbons (Fsp3) is 0.0476. The highest BCUT2D eigenvalue weighted by molar-refractivity contribution is 6.12. The molecule has 1 amide bonds. The van der Waals surface area contributed by atoms with Crippen molar-refractivity contribution < 1.29 is 14.7 Å². The number of nitrogens with one attached hydrogen (secondary N) is 1. The first-order valence-corrected chi connectivity index (χ1v) is 7.99. The van der Waals surface area contributed by atoms with E-state index in [1.807, 2.05) is 48.5 Å². The second kappa shape index (κ2) is 5.91. The first-order chi connectivity index (χ1) is 12.1. The van der Waals surface area contributed by atoms with Gasteiger partial charge >= 0.3 is 5.97 Å². The van der Waals surface area contributed by atoms with E-state index in [9.17, 15) is 14.7 Å². The van der Waals surface area contributed by atoms with Crippen LogP contribution in [0.5, 0.6) is 0 Å². The molecule has 1 aliphatic rings. The molecule has 0 atom stereocenters. The summed E-state index contributed by atoms with van der Waals surface area (Å²) >= 11 is 0. The molecule has 0 aromatic heterocycles. The summed E-state index contributed by atoms with van der Waals surface area (Å²) in [5, 5.41) is 12.4. The lowest BCUT2D eigenvalue weighted by Gasteiger charge is -2.12. The van der Waals surface area contributed by atoms with E-state index in [0.717, 1.165) is 16.7 Å². The molecule has 0 spiro atoms. The standard InChI is InChI=1S/C21H15NO3/c23-20(22-15-8-2-1-3-9-15)16-10-4-6-13-12-14-7-5-11-17(21(24)25)19(14)18(13)16/h1-11H,12H2,(H,22,23)(H,24,25). The molecule has 0 heterocycles. The molecule has 2 N–H and O–H groups in total. The monoisotopic (exact) mass is 329 g/mol. The van der Waals surface area contributed by atoms with Crippen LogP contribution in [0.4, 0.5) is 5.69 Å². The minimum Gasteiger partial charge on any atom is -0.478 e. The van der Waals surface area contributed by atoms with Crippen molar-refractivity contribution in [1.82, 2.24) is 0 Å². The van der Waals surface area contributed by atoms with Crippen LogP contribution in [0.3, 0.4) is 0 Å². The van der Waals surface area contributed by atoms with Crippen molar-refractivity contribution in [3.8, 4) is 11.1 Å². The van der Waals surface area contributed by atoms with Gasteiger partial charge in [0.2, 0.25) is 0 Å². The maximum atomic E-state index is 12.8. The molecule has 3 aromatic carbocycles. The normalized spacial score (nSPS) is 11.5. The van der Waals surface area contributed by atoms with Gasteiger partial charge in [-0.05, 0) is 47.4 Å². The van der Waals surface area contributed by atoms with E-state index in [1.165, 1.54) is 0 Å². The molecule has 0 radical (unpaired) electrons. The van der Waals surface area contributed by atoms with E-state index in [0.29, 0.717) is 23.2 Å². The maximum absolute atomic E-state index is 12.8. The summed E-state index contributed by atoms with van der Waals surface area (Å²) in [5.41, 5.74) is 4.73. The summed E-state index contributed by atoms with van der Waals surface area (Å²) in [7, 11) is 0. The molecule has 4 rings (SSSR count). The van der Waals surface area contributed by atoms with Gasteiger partial charge < -0.3 is 10.4 Å². The Kier molecular flexibility index (Phi) is 3.58. The number of carbonyl (C=O) groups is 2. The number of hydrogen-bond donors (Lipinski definition) is 2. The van der Waals surface area contributed by atoms with Gasteiger partial charge in [0.1, 0.15) is 0 Å². The molecule has 122 valence electrons. The predicted octanol–water partition coefficient (Wildman–Crippen LogP) is 4.21. The van der Waals surface area contributed by atoms with Gasteiger partial charge in [0.25, 0.3) is 5.91 Å². The Bertz CT molecular complexity index is 993. The van der Waals surface area contributed by atoms with Crippen molar-refractivity contribution in [3.05, 3.63) is 89.0 Å². The number of fused-ring (bicyclic) bond motifs is 3. The third-order valence-corrected chi connectivity index (χ3v) is 4.44. The molecular weight excluding hydrogens is 314 g/mol. The quantitative estimate of drug-likeness (QED) is 0.592. The molecule has 4 heteroatoms. The highest BCUT2D eigenvalue weighted by atomic mass is 16.4. The van der Waals surface area contributed by atoms with Crippen LogP contribution in [-0.2, 0) is 6.42 Å². The van der Waals surface area contributed by atoms with Crippen molar-refractivity contribution in [2.45, 2.75) is 6.42 Å².